The molecule has 3 N–H and O–H groups in total. The molecular formula is C57H58N2O18. The van der Waals surface area contributed by atoms with Crippen molar-refractivity contribution in [3.05, 3.63) is 165 Å². The van der Waals surface area contributed by atoms with Gasteiger partial charge in [0, 0.05) is 49.8 Å². The molecule has 1 heterocycles. The third-order valence-corrected chi connectivity index (χ3v) is 15.4. The van der Waals surface area contributed by atoms with Crippen molar-refractivity contribution < 1.29 is 81.9 Å². The number of nitro groups is 1. The monoisotopic (exact) mass is 1060 g/mol. The number of aliphatic hydroxyl groups is 2. The second-order valence-corrected chi connectivity index (χ2v) is 20.3. The zero-order valence-electron chi connectivity index (χ0n) is 42.9. The minimum Gasteiger partial charge on any atom is -0.455 e. The van der Waals surface area contributed by atoms with Crippen molar-refractivity contribution in [1.29, 1.82) is 0 Å². The SMILES string of the molecule is CC(=O)O[C@H]1C(=O)[C@@]2(C)[C@H]([C@H](OC(=O)c3ccccc3)[C@]3(O)C[C@H](OC(=O)[C@H](OC(=O)OC/C=C/c4ccc([N+](=O)[O-])cc4)[C@@H](NC(=O)c4ccccc4)c4ccccc4)C(C)=C1C3(C)C)[C@]1(OC(C)=O)CO[C@@H]1C[C@@H]2O. The van der Waals surface area contributed by atoms with E-state index in [0.717, 1.165) is 13.8 Å². The number of aliphatic hydroxyl groups excluding tert-OH is 1. The van der Waals surface area contributed by atoms with Gasteiger partial charge in [-0.15, -0.1) is 0 Å². The number of esters is 4. The van der Waals surface area contributed by atoms with Gasteiger partial charge in [-0.05, 0) is 78.6 Å². The van der Waals surface area contributed by atoms with Crippen molar-refractivity contribution in [2.45, 2.75) is 108 Å². The number of rotatable bonds is 15. The molecule has 2 bridgehead atoms. The molecule has 4 aromatic carbocycles. The van der Waals surface area contributed by atoms with Crippen molar-refractivity contribution in [2.24, 2.45) is 16.7 Å². The van der Waals surface area contributed by atoms with Crippen LogP contribution < -0.4 is 5.32 Å². The molecule has 11 atom stereocenters. The molecule has 1 amide bonds. The summed E-state index contributed by atoms with van der Waals surface area (Å²) in [6.07, 6.45) is -9.70. The minimum atomic E-state index is -2.52. The number of hydrogen-bond acceptors (Lipinski definition) is 18. The van der Waals surface area contributed by atoms with Crippen LogP contribution in [0.15, 0.2) is 132 Å². The number of carbonyl (C=O) groups excluding carboxylic acids is 7. The number of Topliss-reactive ketones (excluding diaryl/α,β-unsaturated/α-hetero) is 1. The number of nitro benzene ring substituents is 1. The summed E-state index contributed by atoms with van der Waals surface area (Å²) in [5, 5.41) is 40.1. The van der Waals surface area contributed by atoms with Crippen molar-refractivity contribution >= 4 is 53.5 Å². The highest BCUT2D eigenvalue weighted by Gasteiger charge is 2.78. The van der Waals surface area contributed by atoms with E-state index in [9.17, 15) is 44.3 Å². The van der Waals surface area contributed by atoms with Gasteiger partial charge < -0.3 is 48.7 Å². The summed E-state index contributed by atoms with van der Waals surface area (Å²) in [4.78, 5) is 110. The summed E-state index contributed by atoms with van der Waals surface area (Å²) in [5.41, 5.74) is -7.45. The zero-order chi connectivity index (χ0) is 55.6. The van der Waals surface area contributed by atoms with E-state index < -0.39 is 130 Å². The highest BCUT2D eigenvalue weighted by atomic mass is 16.7. The number of benzene rings is 4. The van der Waals surface area contributed by atoms with Crippen molar-refractivity contribution in [3.8, 4) is 0 Å². The maximum absolute atomic E-state index is 15.8. The number of non-ortho nitro benzene ring substituents is 1. The molecule has 3 fully saturated rings. The van der Waals surface area contributed by atoms with Gasteiger partial charge in [0.25, 0.3) is 11.6 Å². The smallest absolute Gasteiger partial charge is 0.455 e. The summed E-state index contributed by atoms with van der Waals surface area (Å²) in [6, 6.07) is 27.7. The van der Waals surface area contributed by atoms with Crippen LogP contribution in [0, 0.1) is 26.9 Å². The van der Waals surface area contributed by atoms with E-state index in [0.29, 0.717) is 5.56 Å². The average Bonchev–Trinajstić information content (AvgIpc) is 3.59. The third-order valence-electron chi connectivity index (χ3n) is 15.4. The lowest BCUT2D eigenvalue weighted by Crippen LogP contribution is -2.82. The fourth-order valence-electron chi connectivity index (χ4n) is 11.4. The van der Waals surface area contributed by atoms with Crippen LogP contribution in [0.25, 0.3) is 6.08 Å². The van der Waals surface area contributed by atoms with Gasteiger partial charge in [0.2, 0.25) is 6.10 Å². The first-order chi connectivity index (χ1) is 36.5. The van der Waals surface area contributed by atoms with E-state index in [4.69, 9.17) is 33.2 Å². The molecule has 20 heteroatoms. The van der Waals surface area contributed by atoms with E-state index in [2.05, 4.69) is 5.32 Å². The van der Waals surface area contributed by atoms with Crippen LogP contribution in [-0.2, 0) is 52.3 Å². The van der Waals surface area contributed by atoms with Gasteiger partial charge in [-0.25, -0.2) is 14.4 Å². The van der Waals surface area contributed by atoms with Gasteiger partial charge in [-0.3, -0.25) is 29.3 Å². The van der Waals surface area contributed by atoms with E-state index in [1.807, 2.05) is 0 Å². The lowest BCUT2D eigenvalue weighted by atomic mass is 9.44. The Morgan fingerprint density at radius 1 is 0.844 bits per heavy atom. The normalized spacial score (nSPS) is 27.8. The molecule has 1 aliphatic heterocycles. The van der Waals surface area contributed by atoms with Gasteiger partial charge in [-0.1, -0.05) is 86.7 Å². The number of amides is 1. The maximum atomic E-state index is 15.8. The van der Waals surface area contributed by atoms with Crippen LogP contribution in [0.3, 0.4) is 0 Å². The largest absolute Gasteiger partial charge is 0.509 e. The van der Waals surface area contributed by atoms with Crippen LogP contribution >= 0.6 is 0 Å². The molecule has 0 aromatic heterocycles. The number of carbonyl (C=O) groups is 7. The molecule has 4 aliphatic rings. The molecule has 0 unspecified atom stereocenters. The molecule has 20 nitrogen and oxygen atoms in total. The molecule has 0 radical (unpaired) electrons. The fourth-order valence-corrected chi connectivity index (χ4v) is 11.4. The maximum Gasteiger partial charge on any atom is 0.509 e. The summed E-state index contributed by atoms with van der Waals surface area (Å²) >= 11 is 0. The standard InChI is InChI=1S/C57H58N2O18/c1-32-40(74-52(66)46(75-53(67)71-28-16-17-35-24-26-39(27-25-35)59(69)70)44(36-18-10-7-11-19-36)58-50(64)37-20-12-8-13-21-37)30-57(68)49(76-51(65)38-22-14-9-15-23-38)47-55(6,41(62)29-42-56(47,31-72-42)77-34(3)61)48(63)45(73-33(2)60)43(32)54(57,4)5/h7-27,40-42,44-47,49,62,68H,28-31H2,1-6H3,(H,58,64)/b17-16+/t40-,41-,42+,44-,45+,46+,47-,49-,55+,56-,57+/m0/s1. The summed E-state index contributed by atoms with van der Waals surface area (Å²) in [6.45, 7) is 7.28. The molecule has 404 valence electrons. The highest BCUT2D eigenvalue weighted by Crippen LogP contribution is 2.64. The fraction of sp³-hybridized carbons (Fsp3) is 0.386. The van der Waals surface area contributed by atoms with Crippen molar-refractivity contribution in [2.75, 3.05) is 13.2 Å². The number of nitrogens with one attached hydrogen (secondary N) is 1. The number of ether oxygens (including phenoxy) is 7. The van der Waals surface area contributed by atoms with Crippen LogP contribution in [0.2, 0.25) is 0 Å². The molecule has 8 rings (SSSR count). The van der Waals surface area contributed by atoms with Gasteiger partial charge in [0.05, 0.1) is 34.5 Å². The Labute approximate surface area is 442 Å². The van der Waals surface area contributed by atoms with Crippen LogP contribution in [0.1, 0.15) is 92.3 Å². The number of fused-ring (bicyclic) bond motifs is 5. The van der Waals surface area contributed by atoms with Crippen LogP contribution in [0.4, 0.5) is 10.5 Å². The van der Waals surface area contributed by atoms with Gasteiger partial charge in [-0.2, -0.15) is 0 Å². The van der Waals surface area contributed by atoms with Crippen molar-refractivity contribution in [3.63, 3.8) is 0 Å². The Balaban J connectivity index is 1.25. The molecule has 3 aliphatic carbocycles. The Bertz CT molecular complexity index is 3000. The second-order valence-electron chi connectivity index (χ2n) is 20.3. The van der Waals surface area contributed by atoms with E-state index >= 15 is 9.59 Å². The third kappa shape index (κ3) is 10.5. The summed E-state index contributed by atoms with van der Waals surface area (Å²) in [7, 11) is 0. The minimum absolute atomic E-state index is 0.0186. The Hall–Kier alpha value is -8.07. The lowest BCUT2D eigenvalue weighted by Gasteiger charge is -2.67. The quantitative estimate of drug-likeness (QED) is 0.0376. The van der Waals surface area contributed by atoms with Gasteiger partial charge in [0.15, 0.2) is 17.5 Å². The first-order valence-electron chi connectivity index (χ1n) is 24.8. The number of nitrogens with zero attached hydrogens (tertiary/aromatic N) is 1. The van der Waals surface area contributed by atoms with E-state index in [1.165, 1.54) is 88.4 Å². The van der Waals surface area contributed by atoms with E-state index in [-0.39, 0.29) is 46.6 Å². The second kappa shape index (κ2) is 21.9. The molecule has 4 aromatic rings. The van der Waals surface area contributed by atoms with Crippen LogP contribution in [0.5, 0.6) is 0 Å². The molecule has 1 saturated heterocycles. The number of hydrogen-bond donors (Lipinski definition) is 3. The number of ketones is 1. The Morgan fingerprint density at radius 3 is 2.03 bits per heavy atom. The van der Waals surface area contributed by atoms with Crippen molar-refractivity contribution in [1.82, 2.24) is 5.32 Å². The first-order valence-corrected chi connectivity index (χ1v) is 24.8. The Morgan fingerprint density at radius 2 is 1.45 bits per heavy atom. The zero-order valence-corrected chi connectivity index (χ0v) is 42.9. The molecule has 2 saturated carbocycles. The predicted molar refractivity (Wildman–Crippen MR) is 270 cm³/mol. The molecule has 0 spiro atoms. The molecular weight excluding hydrogens is 1000 g/mol. The van der Waals surface area contributed by atoms with Gasteiger partial charge in [0.1, 0.15) is 36.6 Å². The average molecular weight is 1060 g/mol. The molecule has 77 heavy (non-hydrogen) atoms. The lowest BCUT2D eigenvalue weighted by molar-refractivity contribution is -0.384. The summed E-state index contributed by atoms with van der Waals surface area (Å²) < 4.78 is 42.0. The highest BCUT2D eigenvalue weighted by molar-refractivity contribution is 5.96. The predicted octanol–water partition coefficient (Wildman–Crippen LogP) is 6.52. The van der Waals surface area contributed by atoms with Gasteiger partial charge >= 0.3 is 30.0 Å². The topological polar surface area (TPSA) is 280 Å². The Kier molecular flexibility index (Phi) is 15.7. The van der Waals surface area contributed by atoms with E-state index in [1.54, 1.807) is 66.7 Å². The first kappa shape index (κ1) is 55.2. The van der Waals surface area contributed by atoms with Crippen LogP contribution in [-0.4, -0.2) is 118 Å². The summed E-state index contributed by atoms with van der Waals surface area (Å²) in [5.74, 6) is -7.34.